The number of benzene rings is 2. The smallest absolute Gasteiger partial charge is 0.306 e. The van der Waals surface area contributed by atoms with E-state index < -0.39 is 0 Å². The van der Waals surface area contributed by atoms with Gasteiger partial charge in [-0.05, 0) is 23.6 Å². The van der Waals surface area contributed by atoms with E-state index in [1.54, 1.807) is 18.3 Å². The lowest BCUT2D eigenvalue weighted by atomic mass is 10.1. The molecule has 21 heavy (non-hydrogen) atoms. The molecule has 104 valence electrons. The van der Waals surface area contributed by atoms with Crippen LogP contribution in [0.15, 0.2) is 66.9 Å². The van der Waals surface area contributed by atoms with Crippen molar-refractivity contribution in [3.05, 3.63) is 66.9 Å². The second kappa shape index (κ2) is 5.92. The average molecular weight is 278 g/mol. The Bertz CT molecular complexity index is 753. The van der Waals surface area contributed by atoms with Crippen LogP contribution in [0.25, 0.3) is 10.8 Å². The maximum Gasteiger partial charge on any atom is 0.337 e. The number of nitrogens with zero attached hydrogens (tertiary/aromatic N) is 1. The van der Waals surface area contributed by atoms with Crippen LogP contribution in [0, 0.1) is 0 Å². The number of hydrogen-bond donors (Lipinski definition) is 3. The summed E-state index contributed by atoms with van der Waals surface area (Å²) in [7, 11) is 0. The van der Waals surface area contributed by atoms with Gasteiger partial charge in [0.05, 0.1) is 5.69 Å². The topological polar surface area (TPSA) is 66.0 Å². The molecule has 1 heterocycles. The number of aromatic nitrogens is 1. The maximum atomic E-state index is 11.9. The molecule has 0 bridgehead atoms. The van der Waals surface area contributed by atoms with Gasteiger partial charge in [-0.1, -0.05) is 42.5 Å². The largest absolute Gasteiger partial charge is 0.337 e. The zero-order valence-corrected chi connectivity index (χ0v) is 11.2. The molecule has 3 N–H and O–H groups in total. The fourth-order valence-electron chi connectivity index (χ4n) is 2.05. The lowest BCUT2D eigenvalue weighted by Crippen LogP contribution is -2.33. The Kier molecular flexibility index (Phi) is 3.64. The fourth-order valence-corrected chi connectivity index (χ4v) is 2.05. The summed E-state index contributed by atoms with van der Waals surface area (Å²) in [6, 6.07) is 18.7. The first kappa shape index (κ1) is 12.9. The summed E-state index contributed by atoms with van der Waals surface area (Å²) in [5.41, 5.74) is 6.05. The standard InChI is InChI=1S/C16H14N4O/c21-16(20-19-15-10-3-4-11-17-15)18-14-9-5-7-12-6-1-2-8-13(12)14/h1-11H,(H,17,19)(H2,18,20,21). The van der Waals surface area contributed by atoms with E-state index in [9.17, 15) is 4.79 Å². The minimum atomic E-state index is -0.350. The van der Waals surface area contributed by atoms with Crippen LogP contribution in [0.1, 0.15) is 0 Å². The van der Waals surface area contributed by atoms with Gasteiger partial charge in [-0.2, -0.15) is 0 Å². The first-order valence-corrected chi connectivity index (χ1v) is 6.55. The van der Waals surface area contributed by atoms with Gasteiger partial charge in [-0.15, -0.1) is 0 Å². The van der Waals surface area contributed by atoms with Crippen LogP contribution in [0.4, 0.5) is 16.3 Å². The highest BCUT2D eigenvalue weighted by Gasteiger charge is 2.04. The van der Waals surface area contributed by atoms with Crippen LogP contribution in [-0.2, 0) is 0 Å². The first-order chi connectivity index (χ1) is 10.3. The Morgan fingerprint density at radius 2 is 1.71 bits per heavy atom. The molecule has 0 spiro atoms. The lowest BCUT2D eigenvalue weighted by Gasteiger charge is -2.11. The predicted molar refractivity (Wildman–Crippen MR) is 84.0 cm³/mol. The lowest BCUT2D eigenvalue weighted by molar-refractivity contribution is 0.254. The number of hydrazine groups is 1. The summed E-state index contributed by atoms with van der Waals surface area (Å²) in [6.07, 6.45) is 1.65. The highest BCUT2D eigenvalue weighted by molar-refractivity contribution is 6.01. The Labute approximate surface area is 122 Å². The normalized spacial score (nSPS) is 10.1. The summed E-state index contributed by atoms with van der Waals surface area (Å²) in [6.45, 7) is 0. The van der Waals surface area contributed by atoms with Crippen molar-refractivity contribution < 1.29 is 4.79 Å². The molecule has 3 aromatic rings. The number of anilines is 2. The van der Waals surface area contributed by atoms with E-state index in [0.29, 0.717) is 5.82 Å². The summed E-state index contributed by atoms with van der Waals surface area (Å²) in [4.78, 5) is 16.0. The van der Waals surface area contributed by atoms with Gasteiger partial charge >= 0.3 is 6.03 Å². The van der Waals surface area contributed by atoms with E-state index in [-0.39, 0.29) is 6.03 Å². The van der Waals surface area contributed by atoms with Crippen molar-refractivity contribution in [2.45, 2.75) is 0 Å². The van der Waals surface area contributed by atoms with Gasteiger partial charge in [0, 0.05) is 11.6 Å². The molecule has 0 radical (unpaired) electrons. The number of urea groups is 1. The van der Waals surface area contributed by atoms with Crippen molar-refractivity contribution in [3.8, 4) is 0 Å². The number of nitrogens with one attached hydrogen (secondary N) is 3. The number of hydrogen-bond acceptors (Lipinski definition) is 3. The third-order valence-corrected chi connectivity index (χ3v) is 3.01. The molecule has 0 aliphatic rings. The highest BCUT2D eigenvalue weighted by atomic mass is 16.2. The minimum Gasteiger partial charge on any atom is -0.306 e. The van der Waals surface area contributed by atoms with E-state index in [2.05, 4.69) is 21.2 Å². The molecule has 0 aliphatic heterocycles. The molecule has 0 aliphatic carbocycles. The number of carbonyl (C=O) groups excluding carboxylic acids is 1. The monoisotopic (exact) mass is 278 g/mol. The molecule has 5 nitrogen and oxygen atoms in total. The van der Waals surface area contributed by atoms with Crippen molar-refractivity contribution in [2.24, 2.45) is 0 Å². The number of pyridine rings is 1. The molecule has 5 heteroatoms. The predicted octanol–water partition coefficient (Wildman–Crippen LogP) is 3.38. The SMILES string of the molecule is O=C(NNc1ccccn1)Nc1cccc2ccccc12. The third kappa shape index (κ3) is 3.09. The Morgan fingerprint density at radius 3 is 2.57 bits per heavy atom. The molecule has 0 atom stereocenters. The van der Waals surface area contributed by atoms with Gasteiger partial charge in [0.15, 0.2) is 0 Å². The van der Waals surface area contributed by atoms with Gasteiger partial charge in [-0.25, -0.2) is 9.78 Å². The van der Waals surface area contributed by atoms with Crippen LogP contribution in [0.2, 0.25) is 0 Å². The third-order valence-electron chi connectivity index (χ3n) is 3.01. The van der Waals surface area contributed by atoms with Crippen molar-refractivity contribution in [1.82, 2.24) is 10.4 Å². The molecule has 1 aromatic heterocycles. The zero-order valence-electron chi connectivity index (χ0n) is 11.2. The molecule has 0 saturated carbocycles. The zero-order chi connectivity index (χ0) is 14.5. The Hall–Kier alpha value is -3.08. The molecule has 0 unspecified atom stereocenters. The Balaban J connectivity index is 1.69. The van der Waals surface area contributed by atoms with Crippen LogP contribution < -0.4 is 16.2 Å². The van der Waals surface area contributed by atoms with Crippen LogP contribution in [0.5, 0.6) is 0 Å². The number of carbonyl (C=O) groups is 1. The summed E-state index contributed by atoms with van der Waals surface area (Å²) < 4.78 is 0. The van der Waals surface area contributed by atoms with E-state index in [4.69, 9.17) is 0 Å². The second-order valence-corrected chi connectivity index (χ2v) is 4.45. The second-order valence-electron chi connectivity index (χ2n) is 4.45. The summed E-state index contributed by atoms with van der Waals surface area (Å²) in [5.74, 6) is 0.575. The van der Waals surface area contributed by atoms with Crippen molar-refractivity contribution in [3.63, 3.8) is 0 Å². The first-order valence-electron chi connectivity index (χ1n) is 6.55. The van der Waals surface area contributed by atoms with E-state index in [1.807, 2.05) is 48.5 Å². The summed E-state index contributed by atoms with van der Waals surface area (Å²) in [5, 5.41) is 4.89. The van der Waals surface area contributed by atoms with Crippen LogP contribution in [0.3, 0.4) is 0 Å². The van der Waals surface area contributed by atoms with E-state index >= 15 is 0 Å². The fraction of sp³-hybridized carbons (Fsp3) is 0. The van der Waals surface area contributed by atoms with Crippen molar-refractivity contribution in [1.29, 1.82) is 0 Å². The van der Waals surface area contributed by atoms with Gasteiger partial charge in [0.2, 0.25) is 0 Å². The van der Waals surface area contributed by atoms with Crippen molar-refractivity contribution >= 4 is 28.3 Å². The van der Waals surface area contributed by atoms with Crippen LogP contribution in [-0.4, -0.2) is 11.0 Å². The van der Waals surface area contributed by atoms with Gasteiger partial charge in [0.25, 0.3) is 0 Å². The van der Waals surface area contributed by atoms with Gasteiger partial charge < -0.3 is 5.32 Å². The Morgan fingerprint density at radius 1 is 0.905 bits per heavy atom. The van der Waals surface area contributed by atoms with E-state index in [1.165, 1.54) is 0 Å². The van der Waals surface area contributed by atoms with E-state index in [0.717, 1.165) is 16.5 Å². The molecule has 0 saturated heterocycles. The number of amides is 2. The molecular weight excluding hydrogens is 264 g/mol. The maximum absolute atomic E-state index is 11.9. The number of rotatable bonds is 3. The molecule has 0 fully saturated rings. The van der Waals surface area contributed by atoms with Crippen LogP contribution >= 0.6 is 0 Å². The molecule has 2 aromatic carbocycles. The number of fused-ring (bicyclic) bond motifs is 1. The van der Waals surface area contributed by atoms with Gasteiger partial charge in [-0.3, -0.25) is 10.9 Å². The highest BCUT2D eigenvalue weighted by Crippen LogP contribution is 2.22. The molecule has 2 amide bonds. The average Bonchev–Trinajstić information content (AvgIpc) is 2.54. The minimum absolute atomic E-state index is 0.350. The quantitative estimate of drug-likeness (QED) is 0.643. The summed E-state index contributed by atoms with van der Waals surface area (Å²) >= 11 is 0. The van der Waals surface area contributed by atoms with Crippen molar-refractivity contribution in [2.75, 3.05) is 10.7 Å². The molecule has 3 rings (SSSR count). The van der Waals surface area contributed by atoms with Gasteiger partial charge in [0.1, 0.15) is 5.82 Å². The molecular formula is C16H14N4O.